The van der Waals surface area contributed by atoms with Gasteiger partial charge in [0.15, 0.2) is 0 Å². The number of likely N-dealkylation sites (tertiary alicyclic amines) is 1. The Morgan fingerprint density at radius 1 is 1.32 bits per heavy atom. The molecule has 2 aliphatic rings. The van der Waals surface area contributed by atoms with E-state index in [4.69, 9.17) is 9.47 Å². The molecule has 0 spiro atoms. The predicted octanol–water partition coefficient (Wildman–Crippen LogP) is -0.132. The summed E-state index contributed by atoms with van der Waals surface area (Å²) in [5.41, 5.74) is -0.241. The van der Waals surface area contributed by atoms with Crippen LogP contribution in [0.3, 0.4) is 0 Å². The predicted molar refractivity (Wildman–Crippen MR) is 67.8 cm³/mol. The highest BCUT2D eigenvalue weighted by Crippen LogP contribution is 2.19. The van der Waals surface area contributed by atoms with Crippen molar-refractivity contribution in [3.8, 4) is 0 Å². The highest BCUT2D eigenvalue weighted by atomic mass is 16.5. The average molecular weight is 268 g/mol. The molecular weight excluding hydrogens is 248 g/mol. The molecule has 1 atom stereocenters. The lowest BCUT2D eigenvalue weighted by Gasteiger charge is -2.32. The standard InChI is InChI=1S/C12H20N4O3/c17-12-13-11(14-15-12)7-16-4-1-9(2-5-16)19-10-3-6-18-8-10/h9-10H,1-8H2,(H2,13,14,15,17). The summed E-state index contributed by atoms with van der Waals surface area (Å²) in [4.78, 5) is 15.9. The van der Waals surface area contributed by atoms with Crippen molar-refractivity contribution in [1.82, 2.24) is 20.1 Å². The maximum Gasteiger partial charge on any atom is 0.340 e. The maximum absolute atomic E-state index is 11.0. The van der Waals surface area contributed by atoms with Gasteiger partial charge in [-0.05, 0) is 19.3 Å². The van der Waals surface area contributed by atoms with Crippen LogP contribution in [0.5, 0.6) is 0 Å². The molecule has 2 N–H and O–H groups in total. The lowest BCUT2D eigenvalue weighted by atomic mass is 10.1. The molecule has 0 aliphatic carbocycles. The Morgan fingerprint density at radius 2 is 2.16 bits per heavy atom. The smallest absolute Gasteiger partial charge is 0.340 e. The monoisotopic (exact) mass is 268 g/mol. The molecule has 1 unspecified atom stereocenters. The van der Waals surface area contributed by atoms with Gasteiger partial charge in [-0.3, -0.25) is 9.88 Å². The second-order valence-electron chi connectivity index (χ2n) is 5.22. The molecular formula is C12H20N4O3. The van der Waals surface area contributed by atoms with Gasteiger partial charge in [0.05, 0.1) is 25.4 Å². The first kappa shape index (κ1) is 12.8. The number of aromatic nitrogens is 3. The van der Waals surface area contributed by atoms with Gasteiger partial charge in [0.25, 0.3) is 0 Å². The summed E-state index contributed by atoms with van der Waals surface area (Å²) in [6.45, 7) is 4.23. The Kier molecular flexibility index (Phi) is 3.95. The van der Waals surface area contributed by atoms with Crippen molar-refractivity contribution in [2.45, 2.75) is 38.0 Å². The minimum atomic E-state index is -0.241. The van der Waals surface area contributed by atoms with Gasteiger partial charge in [-0.25, -0.2) is 9.89 Å². The third kappa shape index (κ3) is 3.43. The summed E-state index contributed by atoms with van der Waals surface area (Å²) in [7, 11) is 0. The topological polar surface area (TPSA) is 83.2 Å². The summed E-state index contributed by atoms with van der Waals surface area (Å²) in [5.74, 6) is 0.702. The number of piperidine rings is 1. The van der Waals surface area contributed by atoms with Gasteiger partial charge in [-0.15, -0.1) is 0 Å². The number of hydrogen-bond acceptors (Lipinski definition) is 5. The largest absolute Gasteiger partial charge is 0.379 e. The number of ether oxygens (including phenoxy) is 2. The first-order valence-electron chi connectivity index (χ1n) is 6.89. The lowest BCUT2D eigenvalue weighted by molar-refractivity contribution is -0.0450. The van der Waals surface area contributed by atoms with Crippen molar-refractivity contribution >= 4 is 0 Å². The molecule has 19 heavy (non-hydrogen) atoms. The van der Waals surface area contributed by atoms with E-state index in [9.17, 15) is 4.79 Å². The van der Waals surface area contributed by atoms with E-state index in [0.717, 1.165) is 45.6 Å². The van der Waals surface area contributed by atoms with Crippen molar-refractivity contribution < 1.29 is 9.47 Å². The van der Waals surface area contributed by atoms with Crippen LogP contribution in [0.15, 0.2) is 4.79 Å². The molecule has 0 radical (unpaired) electrons. The van der Waals surface area contributed by atoms with E-state index in [1.54, 1.807) is 0 Å². The number of nitrogens with one attached hydrogen (secondary N) is 2. The Bertz CT molecular complexity index is 444. The van der Waals surface area contributed by atoms with E-state index in [1.807, 2.05) is 0 Å². The van der Waals surface area contributed by atoms with Crippen molar-refractivity contribution in [3.05, 3.63) is 16.3 Å². The van der Waals surface area contributed by atoms with Gasteiger partial charge in [0.2, 0.25) is 0 Å². The van der Waals surface area contributed by atoms with Gasteiger partial charge in [0, 0.05) is 19.7 Å². The van der Waals surface area contributed by atoms with E-state index in [-0.39, 0.29) is 5.69 Å². The normalized spacial score (nSPS) is 26.0. The summed E-state index contributed by atoms with van der Waals surface area (Å²) >= 11 is 0. The van der Waals surface area contributed by atoms with Crippen LogP contribution < -0.4 is 5.69 Å². The van der Waals surface area contributed by atoms with Crippen LogP contribution in [0.1, 0.15) is 25.1 Å². The van der Waals surface area contributed by atoms with Crippen LogP contribution in [-0.4, -0.2) is 58.6 Å². The summed E-state index contributed by atoms with van der Waals surface area (Å²) in [6, 6.07) is 0. The zero-order valence-electron chi connectivity index (χ0n) is 10.9. The number of aromatic amines is 2. The van der Waals surface area contributed by atoms with Crippen LogP contribution in [-0.2, 0) is 16.0 Å². The third-order valence-electron chi connectivity index (χ3n) is 3.73. The van der Waals surface area contributed by atoms with Crippen molar-refractivity contribution in [2.75, 3.05) is 26.3 Å². The highest BCUT2D eigenvalue weighted by Gasteiger charge is 2.25. The summed E-state index contributed by atoms with van der Waals surface area (Å²) in [6.07, 6.45) is 3.73. The van der Waals surface area contributed by atoms with Crippen LogP contribution in [0.4, 0.5) is 0 Å². The fourth-order valence-electron chi connectivity index (χ4n) is 2.69. The fourth-order valence-corrected chi connectivity index (χ4v) is 2.69. The van der Waals surface area contributed by atoms with E-state index in [1.165, 1.54) is 0 Å². The zero-order valence-corrected chi connectivity index (χ0v) is 10.9. The molecule has 2 fully saturated rings. The van der Waals surface area contributed by atoms with Gasteiger partial charge in [-0.1, -0.05) is 0 Å². The number of rotatable bonds is 4. The van der Waals surface area contributed by atoms with E-state index < -0.39 is 0 Å². The molecule has 0 aromatic carbocycles. The van der Waals surface area contributed by atoms with Crippen molar-refractivity contribution in [3.63, 3.8) is 0 Å². The third-order valence-corrected chi connectivity index (χ3v) is 3.73. The van der Waals surface area contributed by atoms with Crippen LogP contribution in [0.25, 0.3) is 0 Å². The SMILES string of the molecule is O=c1[nH]nc(CN2CCC(OC3CCOC3)CC2)[nH]1. The quantitative estimate of drug-likeness (QED) is 0.794. The second-order valence-corrected chi connectivity index (χ2v) is 5.22. The van der Waals surface area contributed by atoms with E-state index >= 15 is 0 Å². The fraction of sp³-hybridized carbons (Fsp3) is 0.833. The lowest BCUT2D eigenvalue weighted by Crippen LogP contribution is -2.38. The molecule has 3 rings (SSSR count). The molecule has 7 heteroatoms. The molecule has 7 nitrogen and oxygen atoms in total. The summed E-state index contributed by atoms with van der Waals surface area (Å²) in [5, 5.41) is 6.32. The van der Waals surface area contributed by atoms with Gasteiger partial charge >= 0.3 is 5.69 Å². The van der Waals surface area contributed by atoms with Gasteiger partial charge in [0.1, 0.15) is 5.82 Å². The van der Waals surface area contributed by atoms with Crippen molar-refractivity contribution in [2.24, 2.45) is 0 Å². The molecule has 0 amide bonds. The van der Waals surface area contributed by atoms with Crippen LogP contribution in [0, 0.1) is 0 Å². The molecule has 0 bridgehead atoms. The zero-order chi connectivity index (χ0) is 13.1. The van der Waals surface area contributed by atoms with E-state index in [0.29, 0.717) is 24.6 Å². The van der Waals surface area contributed by atoms with Crippen LogP contribution >= 0.6 is 0 Å². The minimum Gasteiger partial charge on any atom is -0.379 e. The Hall–Kier alpha value is -1.18. The number of nitrogens with zero attached hydrogens (tertiary/aromatic N) is 2. The highest BCUT2D eigenvalue weighted by molar-refractivity contribution is 4.83. The molecule has 2 aliphatic heterocycles. The minimum absolute atomic E-state index is 0.241. The maximum atomic E-state index is 11.0. The molecule has 2 saturated heterocycles. The van der Waals surface area contributed by atoms with Crippen LogP contribution in [0.2, 0.25) is 0 Å². The summed E-state index contributed by atoms with van der Waals surface area (Å²) < 4.78 is 11.3. The average Bonchev–Trinajstić information content (AvgIpc) is 3.04. The Labute approximate surface area is 111 Å². The molecule has 1 aromatic heterocycles. The van der Waals surface area contributed by atoms with Gasteiger partial charge < -0.3 is 9.47 Å². The van der Waals surface area contributed by atoms with Crippen molar-refractivity contribution in [1.29, 1.82) is 0 Å². The number of hydrogen-bond donors (Lipinski definition) is 2. The Balaban J connectivity index is 1.42. The Morgan fingerprint density at radius 3 is 2.79 bits per heavy atom. The second kappa shape index (κ2) is 5.85. The van der Waals surface area contributed by atoms with Gasteiger partial charge in [-0.2, -0.15) is 5.10 Å². The first-order chi connectivity index (χ1) is 9.29. The molecule has 3 heterocycles. The molecule has 1 aromatic rings. The molecule has 106 valence electrons. The molecule has 0 saturated carbocycles. The first-order valence-corrected chi connectivity index (χ1v) is 6.89. The van der Waals surface area contributed by atoms with E-state index in [2.05, 4.69) is 20.1 Å². The number of H-pyrrole nitrogens is 2.